The van der Waals surface area contributed by atoms with Crippen LogP contribution in [0.5, 0.6) is 0 Å². The summed E-state index contributed by atoms with van der Waals surface area (Å²) in [7, 11) is 0. The number of hydrogen-bond donors (Lipinski definition) is 2. The van der Waals surface area contributed by atoms with E-state index in [1.165, 1.54) is 12.8 Å². The number of rotatable bonds is 4. The van der Waals surface area contributed by atoms with Crippen LogP contribution in [-0.4, -0.2) is 38.8 Å². The quantitative estimate of drug-likeness (QED) is 0.813. The zero-order valence-corrected chi connectivity index (χ0v) is 12.3. The van der Waals surface area contributed by atoms with Crippen LogP contribution in [-0.2, 0) is 9.53 Å². The fourth-order valence-electron chi connectivity index (χ4n) is 3.09. The number of piperidine rings is 1. The largest absolute Gasteiger partial charge is 0.381 e. The Morgan fingerprint density at radius 1 is 1.37 bits per heavy atom. The summed E-state index contributed by atoms with van der Waals surface area (Å²) < 4.78 is 5.46. The summed E-state index contributed by atoms with van der Waals surface area (Å²) in [6.07, 6.45) is 4.62. The van der Waals surface area contributed by atoms with Crippen molar-refractivity contribution in [3.05, 3.63) is 0 Å². The molecule has 19 heavy (non-hydrogen) atoms. The van der Waals surface area contributed by atoms with Crippen molar-refractivity contribution in [2.45, 2.75) is 39.5 Å². The van der Waals surface area contributed by atoms with Crippen LogP contribution in [0.4, 0.5) is 0 Å². The lowest BCUT2D eigenvalue weighted by Gasteiger charge is -2.36. The Morgan fingerprint density at radius 2 is 2.21 bits per heavy atom. The maximum Gasteiger partial charge on any atom is 0.225 e. The van der Waals surface area contributed by atoms with Crippen molar-refractivity contribution in [1.29, 1.82) is 0 Å². The summed E-state index contributed by atoms with van der Waals surface area (Å²) >= 11 is 0. The van der Waals surface area contributed by atoms with Crippen LogP contribution >= 0.6 is 0 Å². The van der Waals surface area contributed by atoms with E-state index < -0.39 is 0 Å². The Morgan fingerprint density at radius 3 is 2.84 bits per heavy atom. The van der Waals surface area contributed by atoms with Gasteiger partial charge in [0.25, 0.3) is 0 Å². The number of carbonyl (C=O) groups excluding carboxylic acids is 1. The second-order valence-electron chi connectivity index (χ2n) is 6.56. The molecule has 2 unspecified atom stereocenters. The van der Waals surface area contributed by atoms with E-state index in [2.05, 4.69) is 24.5 Å². The standard InChI is InChI=1S/C15H28N2O2/c1-15(2,13-6-3-7-16-10-13)14(18)17-9-12-5-4-8-19-11-12/h12-13,16H,3-11H2,1-2H3,(H,17,18). The van der Waals surface area contributed by atoms with Crippen molar-refractivity contribution in [3.63, 3.8) is 0 Å². The molecule has 2 atom stereocenters. The average Bonchev–Trinajstić information content (AvgIpc) is 2.46. The lowest BCUT2D eigenvalue weighted by Crippen LogP contribution is -2.48. The fourth-order valence-corrected chi connectivity index (χ4v) is 3.09. The first-order valence-electron chi connectivity index (χ1n) is 7.67. The Kier molecular flexibility index (Phi) is 5.22. The van der Waals surface area contributed by atoms with Crippen molar-refractivity contribution in [2.24, 2.45) is 17.3 Å². The first kappa shape index (κ1) is 14.8. The van der Waals surface area contributed by atoms with Gasteiger partial charge in [0.05, 0.1) is 6.61 Å². The van der Waals surface area contributed by atoms with Gasteiger partial charge in [-0.05, 0) is 50.6 Å². The van der Waals surface area contributed by atoms with Gasteiger partial charge in [0.2, 0.25) is 5.91 Å². The second-order valence-corrected chi connectivity index (χ2v) is 6.56. The molecule has 1 amide bonds. The van der Waals surface area contributed by atoms with Crippen molar-refractivity contribution >= 4 is 5.91 Å². The maximum absolute atomic E-state index is 12.4. The van der Waals surface area contributed by atoms with Gasteiger partial charge in [-0.3, -0.25) is 4.79 Å². The normalized spacial score (nSPS) is 28.9. The van der Waals surface area contributed by atoms with Gasteiger partial charge in [-0.15, -0.1) is 0 Å². The van der Waals surface area contributed by atoms with Gasteiger partial charge in [0, 0.05) is 18.6 Å². The van der Waals surface area contributed by atoms with Crippen LogP contribution in [0, 0.1) is 17.3 Å². The minimum Gasteiger partial charge on any atom is -0.381 e. The summed E-state index contributed by atoms with van der Waals surface area (Å²) in [6.45, 7) is 8.66. The molecule has 2 rings (SSSR count). The lowest BCUT2D eigenvalue weighted by atomic mass is 9.74. The molecule has 2 N–H and O–H groups in total. The summed E-state index contributed by atoms with van der Waals surface area (Å²) in [5.74, 6) is 1.15. The van der Waals surface area contributed by atoms with Crippen molar-refractivity contribution in [2.75, 3.05) is 32.8 Å². The number of carbonyl (C=O) groups is 1. The summed E-state index contributed by atoms with van der Waals surface area (Å²) in [5.41, 5.74) is -0.275. The molecule has 110 valence electrons. The Hall–Kier alpha value is -0.610. The molecule has 0 bridgehead atoms. The van der Waals surface area contributed by atoms with E-state index >= 15 is 0 Å². The molecule has 4 heteroatoms. The van der Waals surface area contributed by atoms with Crippen molar-refractivity contribution < 1.29 is 9.53 Å². The van der Waals surface area contributed by atoms with Crippen LogP contribution in [0.3, 0.4) is 0 Å². The fraction of sp³-hybridized carbons (Fsp3) is 0.933. The molecule has 2 aliphatic heterocycles. The van der Waals surface area contributed by atoms with E-state index in [-0.39, 0.29) is 11.3 Å². The molecule has 2 fully saturated rings. The smallest absolute Gasteiger partial charge is 0.225 e. The average molecular weight is 268 g/mol. The molecule has 0 aromatic heterocycles. The van der Waals surface area contributed by atoms with Crippen LogP contribution in [0.25, 0.3) is 0 Å². The highest BCUT2D eigenvalue weighted by Crippen LogP contribution is 2.32. The van der Waals surface area contributed by atoms with Crippen molar-refractivity contribution in [3.8, 4) is 0 Å². The third kappa shape index (κ3) is 3.93. The number of ether oxygens (including phenoxy) is 1. The highest BCUT2D eigenvalue weighted by Gasteiger charge is 2.37. The van der Waals surface area contributed by atoms with E-state index in [0.29, 0.717) is 11.8 Å². The third-order valence-electron chi connectivity index (χ3n) is 4.71. The maximum atomic E-state index is 12.4. The molecule has 4 nitrogen and oxygen atoms in total. The second kappa shape index (κ2) is 6.71. The molecular formula is C15H28N2O2. The van der Waals surface area contributed by atoms with Gasteiger partial charge < -0.3 is 15.4 Å². The SMILES string of the molecule is CC(C)(C(=O)NCC1CCCOC1)C1CCCNC1. The topological polar surface area (TPSA) is 50.4 Å². The van der Waals surface area contributed by atoms with Crippen LogP contribution in [0.2, 0.25) is 0 Å². The zero-order chi connectivity index (χ0) is 13.7. The molecule has 2 aliphatic rings. The minimum atomic E-state index is -0.275. The predicted molar refractivity (Wildman–Crippen MR) is 75.9 cm³/mol. The molecule has 0 saturated carbocycles. The molecule has 0 aliphatic carbocycles. The Labute approximate surface area is 116 Å². The molecule has 2 heterocycles. The van der Waals surface area contributed by atoms with Gasteiger partial charge in [-0.1, -0.05) is 13.8 Å². The number of hydrogen-bond acceptors (Lipinski definition) is 3. The van der Waals surface area contributed by atoms with Gasteiger partial charge in [0.1, 0.15) is 0 Å². The van der Waals surface area contributed by atoms with E-state index in [4.69, 9.17) is 4.74 Å². The monoisotopic (exact) mass is 268 g/mol. The highest BCUT2D eigenvalue weighted by atomic mass is 16.5. The Balaban J connectivity index is 1.79. The van der Waals surface area contributed by atoms with E-state index in [1.807, 2.05) is 0 Å². The first-order valence-corrected chi connectivity index (χ1v) is 7.67. The minimum absolute atomic E-state index is 0.201. The Bertz CT molecular complexity index is 293. The summed E-state index contributed by atoms with van der Waals surface area (Å²) in [4.78, 5) is 12.4. The van der Waals surface area contributed by atoms with E-state index in [9.17, 15) is 4.79 Å². The van der Waals surface area contributed by atoms with Crippen LogP contribution < -0.4 is 10.6 Å². The summed E-state index contributed by atoms with van der Waals surface area (Å²) in [6, 6.07) is 0. The van der Waals surface area contributed by atoms with Crippen molar-refractivity contribution in [1.82, 2.24) is 10.6 Å². The molecule has 2 saturated heterocycles. The third-order valence-corrected chi connectivity index (χ3v) is 4.71. The number of nitrogens with one attached hydrogen (secondary N) is 2. The summed E-state index contributed by atoms with van der Waals surface area (Å²) in [5, 5.41) is 6.54. The molecular weight excluding hydrogens is 240 g/mol. The molecule has 0 aromatic carbocycles. The lowest BCUT2D eigenvalue weighted by molar-refractivity contribution is -0.133. The van der Waals surface area contributed by atoms with Crippen LogP contribution in [0.1, 0.15) is 39.5 Å². The molecule has 0 radical (unpaired) electrons. The zero-order valence-electron chi connectivity index (χ0n) is 12.3. The van der Waals surface area contributed by atoms with E-state index in [1.54, 1.807) is 0 Å². The van der Waals surface area contributed by atoms with Crippen LogP contribution in [0.15, 0.2) is 0 Å². The van der Waals surface area contributed by atoms with Gasteiger partial charge in [0.15, 0.2) is 0 Å². The van der Waals surface area contributed by atoms with Gasteiger partial charge >= 0.3 is 0 Å². The van der Waals surface area contributed by atoms with E-state index in [0.717, 1.165) is 45.7 Å². The predicted octanol–water partition coefficient (Wildman–Crippen LogP) is 1.56. The highest BCUT2D eigenvalue weighted by molar-refractivity contribution is 5.82. The number of amides is 1. The first-order chi connectivity index (χ1) is 9.10. The molecule has 0 spiro atoms. The van der Waals surface area contributed by atoms with Gasteiger partial charge in [-0.25, -0.2) is 0 Å². The molecule has 0 aromatic rings. The van der Waals surface area contributed by atoms with Gasteiger partial charge in [-0.2, -0.15) is 0 Å².